The number of nitrogens with one attached hydrogen (secondary N) is 3. The van der Waals surface area contributed by atoms with Gasteiger partial charge in [-0.05, 0) is 49.3 Å². The van der Waals surface area contributed by atoms with Crippen molar-refractivity contribution >= 4 is 24.1 Å². The Bertz CT molecular complexity index is 828. The first-order valence-corrected chi connectivity index (χ1v) is 9.24. The monoisotopic (exact) mass is 390 g/mol. The molecular formula is C19H23ClN4O3. The number of fused-ring (bicyclic) bond motifs is 3. The average Bonchev–Trinajstić information content (AvgIpc) is 3.34. The van der Waals surface area contributed by atoms with Gasteiger partial charge in [0.1, 0.15) is 5.82 Å². The summed E-state index contributed by atoms with van der Waals surface area (Å²) in [6.07, 6.45) is 6.98. The maximum atomic E-state index is 12.6. The number of anilines is 1. The molecule has 2 saturated heterocycles. The number of hydrogen-bond acceptors (Lipinski definition) is 5. The first-order valence-electron chi connectivity index (χ1n) is 9.24. The summed E-state index contributed by atoms with van der Waals surface area (Å²) in [6, 6.07) is 6.93. The predicted molar refractivity (Wildman–Crippen MR) is 103 cm³/mol. The van der Waals surface area contributed by atoms with Crippen LogP contribution in [0.2, 0.25) is 0 Å². The van der Waals surface area contributed by atoms with Gasteiger partial charge in [-0.2, -0.15) is 5.10 Å². The van der Waals surface area contributed by atoms with Crippen molar-refractivity contribution in [2.75, 3.05) is 12.1 Å². The lowest BCUT2D eigenvalue weighted by Gasteiger charge is -2.28. The number of aromatic amines is 1. The lowest BCUT2D eigenvalue weighted by Crippen LogP contribution is -2.39. The number of rotatable bonds is 4. The molecule has 2 aromatic rings. The molecule has 2 unspecified atom stereocenters. The van der Waals surface area contributed by atoms with E-state index >= 15 is 0 Å². The van der Waals surface area contributed by atoms with Crippen LogP contribution < -0.4 is 20.1 Å². The Morgan fingerprint density at radius 2 is 1.96 bits per heavy atom. The third-order valence-corrected chi connectivity index (χ3v) is 5.63. The SMILES string of the molecule is Cl.O=C(CC1CC2CCC(C1)N2)Nc1[nH]ncc1-c1ccc2c(c1)OCO2. The van der Waals surface area contributed by atoms with Crippen LogP contribution in [0.15, 0.2) is 24.4 Å². The fraction of sp³-hybridized carbons (Fsp3) is 0.474. The van der Waals surface area contributed by atoms with Gasteiger partial charge in [0.2, 0.25) is 12.7 Å². The Morgan fingerprint density at radius 1 is 1.19 bits per heavy atom. The van der Waals surface area contributed by atoms with Gasteiger partial charge in [-0.1, -0.05) is 6.07 Å². The molecule has 27 heavy (non-hydrogen) atoms. The molecule has 2 bridgehead atoms. The number of amides is 1. The zero-order chi connectivity index (χ0) is 17.5. The van der Waals surface area contributed by atoms with Gasteiger partial charge in [0.25, 0.3) is 0 Å². The molecule has 144 valence electrons. The number of carbonyl (C=O) groups is 1. The lowest BCUT2D eigenvalue weighted by molar-refractivity contribution is -0.117. The van der Waals surface area contributed by atoms with Crippen LogP contribution >= 0.6 is 12.4 Å². The topological polar surface area (TPSA) is 88.3 Å². The van der Waals surface area contributed by atoms with E-state index in [4.69, 9.17) is 9.47 Å². The molecule has 7 nitrogen and oxygen atoms in total. The van der Waals surface area contributed by atoms with Crippen molar-refractivity contribution < 1.29 is 14.3 Å². The van der Waals surface area contributed by atoms with E-state index in [1.165, 1.54) is 12.8 Å². The van der Waals surface area contributed by atoms with Crippen molar-refractivity contribution in [2.24, 2.45) is 5.92 Å². The molecule has 2 fully saturated rings. The number of carbonyl (C=O) groups excluding carboxylic acids is 1. The van der Waals surface area contributed by atoms with E-state index in [9.17, 15) is 4.79 Å². The highest BCUT2D eigenvalue weighted by molar-refractivity contribution is 5.94. The molecule has 1 aromatic carbocycles. The molecule has 2 atom stereocenters. The first-order chi connectivity index (χ1) is 12.7. The summed E-state index contributed by atoms with van der Waals surface area (Å²) in [5.74, 6) is 2.59. The molecule has 1 aromatic heterocycles. The van der Waals surface area contributed by atoms with Gasteiger partial charge >= 0.3 is 0 Å². The maximum absolute atomic E-state index is 12.6. The van der Waals surface area contributed by atoms with Crippen LogP contribution in [0, 0.1) is 5.92 Å². The molecule has 3 aliphatic heterocycles. The highest BCUT2D eigenvalue weighted by atomic mass is 35.5. The number of benzene rings is 1. The van der Waals surface area contributed by atoms with E-state index in [1.54, 1.807) is 6.20 Å². The van der Waals surface area contributed by atoms with Crippen LogP contribution in [-0.2, 0) is 4.79 Å². The second-order valence-corrected chi connectivity index (χ2v) is 7.45. The minimum absolute atomic E-state index is 0. The highest BCUT2D eigenvalue weighted by Crippen LogP contribution is 2.38. The van der Waals surface area contributed by atoms with E-state index < -0.39 is 0 Å². The number of ether oxygens (including phenoxy) is 2. The number of piperidine rings is 1. The Labute approximate surface area is 163 Å². The summed E-state index contributed by atoms with van der Waals surface area (Å²) < 4.78 is 10.8. The zero-order valence-electron chi connectivity index (χ0n) is 14.9. The smallest absolute Gasteiger partial charge is 0.231 e. The summed E-state index contributed by atoms with van der Waals surface area (Å²) in [7, 11) is 0. The van der Waals surface area contributed by atoms with Crippen molar-refractivity contribution in [1.82, 2.24) is 15.5 Å². The molecule has 3 aliphatic rings. The van der Waals surface area contributed by atoms with Crippen LogP contribution in [0.4, 0.5) is 5.82 Å². The number of aromatic nitrogens is 2. The van der Waals surface area contributed by atoms with Crippen LogP contribution in [0.25, 0.3) is 11.1 Å². The Kier molecular flexibility index (Phi) is 4.97. The summed E-state index contributed by atoms with van der Waals surface area (Å²) >= 11 is 0. The van der Waals surface area contributed by atoms with Crippen LogP contribution in [0.1, 0.15) is 32.1 Å². The van der Waals surface area contributed by atoms with Crippen molar-refractivity contribution in [2.45, 2.75) is 44.2 Å². The van der Waals surface area contributed by atoms with Crippen LogP contribution in [-0.4, -0.2) is 35.0 Å². The maximum Gasteiger partial charge on any atom is 0.231 e. The van der Waals surface area contributed by atoms with E-state index in [2.05, 4.69) is 20.8 Å². The highest BCUT2D eigenvalue weighted by Gasteiger charge is 2.34. The summed E-state index contributed by atoms with van der Waals surface area (Å²) in [5.41, 5.74) is 1.78. The van der Waals surface area contributed by atoms with Crippen LogP contribution in [0.3, 0.4) is 0 Å². The number of halogens is 1. The Hall–Kier alpha value is -2.25. The summed E-state index contributed by atoms with van der Waals surface area (Å²) in [6.45, 7) is 0.242. The minimum atomic E-state index is 0. The molecule has 5 rings (SSSR count). The van der Waals surface area contributed by atoms with Gasteiger partial charge in [0.05, 0.1) is 6.20 Å². The Morgan fingerprint density at radius 3 is 2.78 bits per heavy atom. The molecular weight excluding hydrogens is 368 g/mol. The van der Waals surface area contributed by atoms with E-state index in [0.717, 1.165) is 29.7 Å². The summed E-state index contributed by atoms with van der Waals surface area (Å²) in [4.78, 5) is 12.6. The average molecular weight is 391 g/mol. The third kappa shape index (κ3) is 3.61. The van der Waals surface area contributed by atoms with E-state index in [-0.39, 0.29) is 25.1 Å². The second kappa shape index (κ2) is 7.40. The first kappa shape index (κ1) is 18.1. The molecule has 3 N–H and O–H groups in total. The predicted octanol–water partition coefficient (Wildman–Crippen LogP) is 3.09. The van der Waals surface area contributed by atoms with Crippen molar-refractivity contribution in [3.8, 4) is 22.6 Å². The lowest BCUT2D eigenvalue weighted by atomic mass is 9.89. The second-order valence-electron chi connectivity index (χ2n) is 7.45. The number of hydrogen-bond donors (Lipinski definition) is 3. The fourth-order valence-corrected chi connectivity index (χ4v) is 4.46. The standard InChI is InChI=1S/C19H22N4O3.ClH/c24-18(7-11-5-13-2-3-14(6-11)21-13)22-19-15(9-20-23-19)12-1-4-16-17(8-12)26-10-25-16;/h1,4,8-9,11,13-14,21H,2-3,5-7,10H2,(H2,20,22,23,24);1H. The van der Waals surface area contributed by atoms with Gasteiger partial charge in [0.15, 0.2) is 11.5 Å². The molecule has 8 heteroatoms. The number of nitrogens with zero attached hydrogens (tertiary/aromatic N) is 1. The Balaban J connectivity index is 0.00000180. The van der Waals surface area contributed by atoms with E-state index in [0.29, 0.717) is 36.0 Å². The molecule has 4 heterocycles. The summed E-state index contributed by atoms with van der Waals surface area (Å²) in [5, 5.41) is 13.6. The third-order valence-electron chi connectivity index (χ3n) is 5.63. The molecule has 1 amide bonds. The van der Waals surface area contributed by atoms with Gasteiger partial charge in [-0.3, -0.25) is 9.89 Å². The van der Waals surface area contributed by atoms with Crippen molar-refractivity contribution in [1.29, 1.82) is 0 Å². The van der Waals surface area contributed by atoms with Crippen molar-refractivity contribution in [3.63, 3.8) is 0 Å². The van der Waals surface area contributed by atoms with Gasteiger partial charge in [-0.15, -0.1) is 12.4 Å². The minimum Gasteiger partial charge on any atom is -0.454 e. The van der Waals surface area contributed by atoms with Gasteiger partial charge in [-0.25, -0.2) is 0 Å². The molecule has 0 saturated carbocycles. The zero-order valence-corrected chi connectivity index (χ0v) is 15.7. The quantitative estimate of drug-likeness (QED) is 0.746. The molecule has 0 aliphatic carbocycles. The van der Waals surface area contributed by atoms with Crippen molar-refractivity contribution in [3.05, 3.63) is 24.4 Å². The fourth-order valence-electron chi connectivity index (χ4n) is 4.46. The normalized spacial score (nSPS) is 25.1. The number of H-pyrrole nitrogens is 1. The van der Waals surface area contributed by atoms with Gasteiger partial charge in [0, 0.05) is 24.1 Å². The van der Waals surface area contributed by atoms with Gasteiger partial charge < -0.3 is 20.1 Å². The molecule has 0 spiro atoms. The van der Waals surface area contributed by atoms with Crippen LogP contribution in [0.5, 0.6) is 11.5 Å². The molecule has 0 radical (unpaired) electrons. The van der Waals surface area contributed by atoms with E-state index in [1.807, 2.05) is 18.2 Å². The largest absolute Gasteiger partial charge is 0.454 e.